The topological polar surface area (TPSA) is 38.0 Å². The second-order valence-electron chi connectivity index (χ2n) is 3.98. The maximum absolute atomic E-state index is 5.63. The van der Waals surface area contributed by atoms with Crippen molar-refractivity contribution in [3.63, 3.8) is 0 Å². The monoisotopic (exact) mass is 270 g/mol. The first kappa shape index (κ1) is 12.7. The second kappa shape index (κ2) is 5.64. The molecule has 0 aliphatic rings. The highest BCUT2D eigenvalue weighted by Crippen LogP contribution is 2.29. The summed E-state index contributed by atoms with van der Waals surface area (Å²) in [5, 5.41) is 0. The zero-order valence-corrected chi connectivity index (χ0v) is 11.1. The van der Waals surface area contributed by atoms with Gasteiger partial charge in [-0.3, -0.25) is 11.3 Å². The molecule has 1 aromatic rings. The SMILES string of the molecule is CCC(C)C(NN)c1cccc(Br)c1C. The molecule has 2 unspecified atom stereocenters. The molecule has 0 aliphatic heterocycles. The minimum Gasteiger partial charge on any atom is -0.271 e. The lowest BCUT2D eigenvalue weighted by atomic mass is 9.90. The van der Waals surface area contributed by atoms with Crippen LogP contribution in [-0.2, 0) is 0 Å². The van der Waals surface area contributed by atoms with Crippen LogP contribution in [0.25, 0.3) is 0 Å². The summed E-state index contributed by atoms with van der Waals surface area (Å²) in [6.45, 7) is 6.51. The smallest absolute Gasteiger partial charge is 0.0488 e. The van der Waals surface area contributed by atoms with Gasteiger partial charge in [0.2, 0.25) is 0 Å². The molecule has 2 nitrogen and oxygen atoms in total. The van der Waals surface area contributed by atoms with Crippen LogP contribution in [-0.4, -0.2) is 0 Å². The molecule has 0 aromatic heterocycles. The van der Waals surface area contributed by atoms with Crippen molar-refractivity contribution in [1.82, 2.24) is 5.43 Å². The molecule has 1 rings (SSSR count). The second-order valence-corrected chi connectivity index (χ2v) is 4.84. The summed E-state index contributed by atoms with van der Waals surface area (Å²) in [6, 6.07) is 6.48. The molecule has 0 spiro atoms. The van der Waals surface area contributed by atoms with Crippen molar-refractivity contribution >= 4 is 15.9 Å². The molecule has 84 valence electrons. The van der Waals surface area contributed by atoms with Gasteiger partial charge in [0.05, 0.1) is 0 Å². The number of rotatable bonds is 4. The third kappa shape index (κ3) is 2.80. The van der Waals surface area contributed by atoms with E-state index in [1.54, 1.807) is 0 Å². The van der Waals surface area contributed by atoms with E-state index in [4.69, 9.17) is 5.84 Å². The molecule has 3 heteroatoms. The normalized spacial score (nSPS) is 15.0. The molecule has 0 saturated carbocycles. The summed E-state index contributed by atoms with van der Waals surface area (Å²) in [7, 11) is 0. The van der Waals surface area contributed by atoms with Gasteiger partial charge in [0.25, 0.3) is 0 Å². The van der Waals surface area contributed by atoms with E-state index in [0.717, 1.165) is 10.9 Å². The molecule has 0 radical (unpaired) electrons. The number of hydrogen-bond acceptors (Lipinski definition) is 2. The highest BCUT2D eigenvalue weighted by molar-refractivity contribution is 9.10. The van der Waals surface area contributed by atoms with Crippen LogP contribution in [0.5, 0.6) is 0 Å². The van der Waals surface area contributed by atoms with Crippen molar-refractivity contribution in [1.29, 1.82) is 0 Å². The predicted octanol–water partition coefficient (Wildman–Crippen LogP) is 3.31. The number of halogens is 1. The molecule has 3 N–H and O–H groups in total. The third-order valence-electron chi connectivity index (χ3n) is 3.04. The Hall–Kier alpha value is -0.380. The van der Waals surface area contributed by atoms with E-state index >= 15 is 0 Å². The van der Waals surface area contributed by atoms with Gasteiger partial charge in [0.1, 0.15) is 0 Å². The van der Waals surface area contributed by atoms with Crippen LogP contribution in [0.4, 0.5) is 0 Å². The highest BCUT2D eigenvalue weighted by atomic mass is 79.9. The Morgan fingerprint density at radius 2 is 2.13 bits per heavy atom. The van der Waals surface area contributed by atoms with Crippen molar-refractivity contribution in [3.8, 4) is 0 Å². The summed E-state index contributed by atoms with van der Waals surface area (Å²) in [4.78, 5) is 0. The van der Waals surface area contributed by atoms with E-state index < -0.39 is 0 Å². The fourth-order valence-electron chi connectivity index (χ4n) is 1.76. The van der Waals surface area contributed by atoms with Crippen LogP contribution in [0.3, 0.4) is 0 Å². The van der Waals surface area contributed by atoms with Gasteiger partial charge in [0, 0.05) is 10.5 Å². The van der Waals surface area contributed by atoms with Gasteiger partial charge in [0.15, 0.2) is 0 Å². The summed E-state index contributed by atoms with van der Waals surface area (Å²) in [6.07, 6.45) is 1.11. The number of nitrogens with two attached hydrogens (primary N) is 1. The Kier molecular flexibility index (Phi) is 4.77. The Labute approximate surface area is 100 Å². The first-order valence-electron chi connectivity index (χ1n) is 5.33. The van der Waals surface area contributed by atoms with Crippen LogP contribution >= 0.6 is 15.9 Å². The molecule has 0 aliphatic carbocycles. The Bertz CT molecular complexity index is 325. The van der Waals surface area contributed by atoms with Crippen LogP contribution in [0.15, 0.2) is 22.7 Å². The molecular formula is C12H19BrN2. The van der Waals surface area contributed by atoms with Crippen LogP contribution in [0.1, 0.15) is 37.4 Å². The van der Waals surface area contributed by atoms with Crippen LogP contribution in [0.2, 0.25) is 0 Å². The van der Waals surface area contributed by atoms with Crippen molar-refractivity contribution in [3.05, 3.63) is 33.8 Å². The van der Waals surface area contributed by atoms with Crippen molar-refractivity contribution in [2.75, 3.05) is 0 Å². The molecule has 0 saturated heterocycles. The third-order valence-corrected chi connectivity index (χ3v) is 3.90. The largest absolute Gasteiger partial charge is 0.271 e. The quantitative estimate of drug-likeness (QED) is 0.651. The predicted molar refractivity (Wildman–Crippen MR) is 68.4 cm³/mol. The zero-order valence-electron chi connectivity index (χ0n) is 9.55. The molecule has 0 fully saturated rings. The van der Waals surface area contributed by atoms with Crippen molar-refractivity contribution < 1.29 is 0 Å². The highest BCUT2D eigenvalue weighted by Gasteiger charge is 2.18. The first-order valence-corrected chi connectivity index (χ1v) is 6.12. The Morgan fingerprint density at radius 1 is 1.47 bits per heavy atom. The molecule has 1 aromatic carbocycles. The number of hydrazine groups is 1. The van der Waals surface area contributed by atoms with Gasteiger partial charge < -0.3 is 0 Å². The van der Waals surface area contributed by atoms with Gasteiger partial charge in [-0.1, -0.05) is 48.3 Å². The Balaban J connectivity index is 3.07. The lowest BCUT2D eigenvalue weighted by molar-refractivity contribution is 0.381. The zero-order chi connectivity index (χ0) is 11.4. The maximum atomic E-state index is 5.63. The van der Waals surface area contributed by atoms with Gasteiger partial charge in [-0.25, -0.2) is 0 Å². The minimum atomic E-state index is 0.229. The van der Waals surface area contributed by atoms with E-state index in [2.05, 4.69) is 60.3 Å². The van der Waals surface area contributed by atoms with Crippen molar-refractivity contribution in [2.45, 2.75) is 33.2 Å². The number of benzene rings is 1. The van der Waals surface area contributed by atoms with Crippen LogP contribution in [0, 0.1) is 12.8 Å². The Morgan fingerprint density at radius 3 is 2.67 bits per heavy atom. The standard InChI is InChI=1S/C12H19BrN2/c1-4-8(2)12(15-14)10-6-5-7-11(13)9(10)3/h5-8,12,15H,4,14H2,1-3H3. The first-order chi connectivity index (χ1) is 7.11. The molecular weight excluding hydrogens is 252 g/mol. The van der Waals surface area contributed by atoms with E-state index in [1.165, 1.54) is 11.1 Å². The van der Waals surface area contributed by atoms with E-state index in [0.29, 0.717) is 5.92 Å². The lowest BCUT2D eigenvalue weighted by Crippen LogP contribution is -2.32. The van der Waals surface area contributed by atoms with E-state index in [9.17, 15) is 0 Å². The lowest BCUT2D eigenvalue weighted by Gasteiger charge is -2.24. The number of nitrogens with one attached hydrogen (secondary N) is 1. The van der Waals surface area contributed by atoms with Gasteiger partial charge in [-0.05, 0) is 30.0 Å². The van der Waals surface area contributed by atoms with E-state index in [1.807, 2.05) is 0 Å². The average Bonchev–Trinajstić information content (AvgIpc) is 2.24. The fourth-order valence-corrected chi connectivity index (χ4v) is 2.14. The van der Waals surface area contributed by atoms with Gasteiger partial charge in [-0.2, -0.15) is 0 Å². The molecule has 15 heavy (non-hydrogen) atoms. The molecule has 0 bridgehead atoms. The molecule has 0 heterocycles. The van der Waals surface area contributed by atoms with Gasteiger partial charge >= 0.3 is 0 Å². The molecule has 2 atom stereocenters. The van der Waals surface area contributed by atoms with Crippen LogP contribution < -0.4 is 11.3 Å². The fraction of sp³-hybridized carbons (Fsp3) is 0.500. The number of hydrogen-bond donors (Lipinski definition) is 2. The van der Waals surface area contributed by atoms with Crippen molar-refractivity contribution in [2.24, 2.45) is 11.8 Å². The summed E-state index contributed by atoms with van der Waals surface area (Å²) in [5.41, 5.74) is 5.46. The summed E-state index contributed by atoms with van der Waals surface area (Å²) >= 11 is 3.55. The summed E-state index contributed by atoms with van der Waals surface area (Å²) in [5.74, 6) is 6.17. The minimum absolute atomic E-state index is 0.229. The molecule has 0 amide bonds. The average molecular weight is 271 g/mol. The summed E-state index contributed by atoms with van der Waals surface area (Å²) < 4.78 is 1.14. The maximum Gasteiger partial charge on any atom is 0.0488 e. The van der Waals surface area contributed by atoms with Gasteiger partial charge in [-0.15, -0.1) is 0 Å². The van der Waals surface area contributed by atoms with E-state index in [-0.39, 0.29) is 6.04 Å².